The molecule has 7 heteroatoms. The highest BCUT2D eigenvalue weighted by Gasteiger charge is 2.25. The summed E-state index contributed by atoms with van der Waals surface area (Å²) in [5, 5.41) is 2.84. The summed E-state index contributed by atoms with van der Waals surface area (Å²) in [7, 11) is 1.36. The first-order chi connectivity index (χ1) is 12.2. The van der Waals surface area contributed by atoms with Gasteiger partial charge in [-0.05, 0) is 51.7 Å². The Labute approximate surface area is 154 Å². The lowest BCUT2D eigenvalue weighted by Gasteiger charge is -2.35. The maximum absolute atomic E-state index is 12.0. The predicted molar refractivity (Wildman–Crippen MR) is 101 cm³/mol. The highest BCUT2D eigenvalue weighted by Crippen LogP contribution is 2.32. The van der Waals surface area contributed by atoms with E-state index >= 15 is 0 Å². The Morgan fingerprint density at radius 1 is 1.27 bits per heavy atom. The molecule has 0 saturated carbocycles. The van der Waals surface area contributed by atoms with Crippen LogP contribution in [0.5, 0.6) is 0 Å². The highest BCUT2D eigenvalue weighted by molar-refractivity contribution is 5.99. The van der Waals surface area contributed by atoms with Gasteiger partial charge in [-0.2, -0.15) is 0 Å². The average molecular weight is 363 g/mol. The number of carbonyl (C=O) groups is 2. The molecule has 0 aromatic heterocycles. The minimum atomic E-state index is -0.497. The molecular weight excluding hydrogens is 334 g/mol. The summed E-state index contributed by atoms with van der Waals surface area (Å²) in [6, 6.07) is 5.27. The van der Waals surface area contributed by atoms with E-state index in [1.165, 1.54) is 7.11 Å². The lowest BCUT2D eigenvalue weighted by molar-refractivity contribution is 0.0515. The van der Waals surface area contributed by atoms with Gasteiger partial charge in [-0.3, -0.25) is 0 Å². The maximum Gasteiger partial charge on any atom is 0.407 e. The van der Waals surface area contributed by atoms with Crippen LogP contribution in [0.2, 0.25) is 0 Å². The number of nitrogen functional groups attached to an aromatic ring is 1. The maximum atomic E-state index is 12.0. The molecule has 1 heterocycles. The van der Waals surface area contributed by atoms with Crippen LogP contribution in [0, 0.1) is 5.92 Å². The average Bonchev–Trinajstić information content (AvgIpc) is 2.58. The Morgan fingerprint density at radius 3 is 2.50 bits per heavy atom. The zero-order chi connectivity index (χ0) is 19.3. The fourth-order valence-corrected chi connectivity index (χ4v) is 3.09. The van der Waals surface area contributed by atoms with Gasteiger partial charge in [0.05, 0.1) is 24.0 Å². The topological polar surface area (TPSA) is 93.9 Å². The van der Waals surface area contributed by atoms with Crippen molar-refractivity contribution in [3.8, 4) is 0 Å². The van der Waals surface area contributed by atoms with Gasteiger partial charge in [0.1, 0.15) is 5.60 Å². The van der Waals surface area contributed by atoms with E-state index in [-0.39, 0.29) is 12.1 Å². The molecule has 0 unspecified atom stereocenters. The van der Waals surface area contributed by atoms with Gasteiger partial charge < -0.3 is 25.4 Å². The second-order valence-electron chi connectivity index (χ2n) is 7.55. The van der Waals surface area contributed by atoms with E-state index in [0.717, 1.165) is 31.6 Å². The molecule has 0 radical (unpaired) electrons. The monoisotopic (exact) mass is 363 g/mol. The third-order valence-corrected chi connectivity index (χ3v) is 4.34. The molecule has 1 aromatic rings. The predicted octanol–water partition coefficient (Wildman–Crippen LogP) is 2.80. The molecule has 0 spiro atoms. The molecule has 3 N–H and O–H groups in total. The fraction of sp³-hybridized carbons (Fsp3) is 0.579. The molecule has 1 aromatic carbocycles. The molecule has 0 bridgehead atoms. The number of hydrogen-bond donors (Lipinski definition) is 2. The zero-order valence-corrected chi connectivity index (χ0v) is 16.0. The van der Waals surface area contributed by atoms with E-state index in [1.807, 2.05) is 20.8 Å². The van der Waals surface area contributed by atoms with Crippen molar-refractivity contribution in [1.82, 2.24) is 5.32 Å². The minimum Gasteiger partial charge on any atom is -0.465 e. The van der Waals surface area contributed by atoms with E-state index in [1.54, 1.807) is 18.2 Å². The molecule has 2 rings (SSSR count). The third kappa shape index (κ3) is 5.28. The number of benzene rings is 1. The number of alkyl carbamates (subject to hydrolysis) is 1. The Bertz CT molecular complexity index is 647. The Hall–Kier alpha value is -2.44. The summed E-state index contributed by atoms with van der Waals surface area (Å²) in [5.41, 5.74) is 7.40. The van der Waals surface area contributed by atoms with Gasteiger partial charge in [0.15, 0.2) is 0 Å². The van der Waals surface area contributed by atoms with Crippen LogP contribution in [0.25, 0.3) is 0 Å². The van der Waals surface area contributed by atoms with Crippen molar-refractivity contribution in [3.63, 3.8) is 0 Å². The van der Waals surface area contributed by atoms with Crippen LogP contribution in [-0.4, -0.2) is 44.4 Å². The number of nitrogens with one attached hydrogen (secondary N) is 1. The largest absolute Gasteiger partial charge is 0.465 e. The molecule has 7 nitrogen and oxygen atoms in total. The van der Waals surface area contributed by atoms with Crippen LogP contribution >= 0.6 is 0 Å². The Kier molecular flexibility index (Phi) is 6.34. The Morgan fingerprint density at radius 2 is 1.92 bits per heavy atom. The van der Waals surface area contributed by atoms with Crippen LogP contribution in [0.3, 0.4) is 0 Å². The van der Waals surface area contributed by atoms with Crippen molar-refractivity contribution in [2.45, 2.75) is 39.2 Å². The van der Waals surface area contributed by atoms with E-state index in [9.17, 15) is 9.59 Å². The lowest BCUT2D eigenvalue weighted by Crippen LogP contribution is -2.40. The normalized spacial score (nSPS) is 15.5. The van der Waals surface area contributed by atoms with Gasteiger partial charge in [-0.1, -0.05) is 6.07 Å². The number of carbonyl (C=O) groups excluding carboxylic acids is 2. The molecule has 1 amide bonds. The van der Waals surface area contributed by atoms with Gasteiger partial charge in [-0.15, -0.1) is 0 Å². The van der Waals surface area contributed by atoms with Crippen molar-refractivity contribution in [1.29, 1.82) is 0 Å². The summed E-state index contributed by atoms with van der Waals surface area (Å²) < 4.78 is 10.1. The zero-order valence-electron chi connectivity index (χ0n) is 16.0. The number of para-hydroxylation sites is 1. The molecule has 26 heavy (non-hydrogen) atoms. The van der Waals surface area contributed by atoms with Gasteiger partial charge >= 0.3 is 12.1 Å². The summed E-state index contributed by atoms with van der Waals surface area (Å²) in [6.45, 7) is 7.63. The van der Waals surface area contributed by atoms with E-state index in [4.69, 9.17) is 15.2 Å². The minimum absolute atomic E-state index is 0.366. The lowest BCUT2D eigenvalue weighted by atomic mass is 9.95. The van der Waals surface area contributed by atoms with Gasteiger partial charge in [0.25, 0.3) is 0 Å². The highest BCUT2D eigenvalue weighted by atomic mass is 16.6. The SMILES string of the molecule is COC(=O)c1cccc(N)c1N1CCC(CNC(=O)OC(C)(C)C)CC1. The Balaban J connectivity index is 1.93. The number of rotatable bonds is 4. The van der Waals surface area contributed by atoms with Crippen molar-refractivity contribution in [2.75, 3.05) is 37.4 Å². The summed E-state index contributed by atoms with van der Waals surface area (Å²) in [4.78, 5) is 25.9. The number of methoxy groups -OCH3 is 1. The van der Waals surface area contributed by atoms with Gasteiger partial charge in [-0.25, -0.2) is 9.59 Å². The second-order valence-corrected chi connectivity index (χ2v) is 7.55. The number of amides is 1. The molecule has 1 saturated heterocycles. The van der Waals surface area contributed by atoms with Crippen LogP contribution in [0.15, 0.2) is 18.2 Å². The molecule has 0 atom stereocenters. The van der Waals surface area contributed by atoms with Crippen LogP contribution < -0.4 is 16.0 Å². The van der Waals surface area contributed by atoms with E-state index in [2.05, 4.69) is 10.2 Å². The molecule has 1 fully saturated rings. The summed E-state index contributed by atoms with van der Waals surface area (Å²) in [6.07, 6.45) is 1.40. The number of nitrogens with zero attached hydrogens (tertiary/aromatic N) is 1. The molecular formula is C19H29N3O4. The number of hydrogen-bond acceptors (Lipinski definition) is 6. The fourth-order valence-electron chi connectivity index (χ4n) is 3.09. The summed E-state index contributed by atoms with van der Waals surface area (Å²) >= 11 is 0. The quantitative estimate of drug-likeness (QED) is 0.631. The van der Waals surface area contributed by atoms with Crippen LogP contribution in [0.4, 0.5) is 16.2 Å². The van der Waals surface area contributed by atoms with Crippen molar-refractivity contribution in [3.05, 3.63) is 23.8 Å². The first kappa shape index (κ1) is 19.9. The second kappa shape index (κ2) is 8.29. The van der Waals surface area contributed by atoms with Gasteiger partial charge in [0, 0.05) is 19.6 Å². The third-order valence-electron chi connectivity index (χ3n) is 4.34. The van der Waals surface area contributed by atoms with Crippen molar-refractivity contribution in [2.24, 2.45) is 5.92 Å². The number of nitrogens with two attached hydrogens (primary N) is 1. The number of esters is 1. The first-order valence-electron chi connectivity index (χ1n) is 8.90. The standard InChI is InChI=1S/C19H29N3O4/c1-19(2,3)26-18(24)21-12-13-8-10-22(11-9-13)16-14(17(23)25-4)6-5-7-15(16)20/h5-7,13H,8-12,20H2,1-4H3,(H,21,24). The van der Waals surface area contributed by atoms with Crippen molar-refractivity contribution >= 4 is 23.4 Å². The smallest absolute Gasteiger partial charge is 0.407 e. The van der Waals surface area contributed by atoms with Gasteiger partial charge in [0.2, 0.25) is 0 Å². The first-order valence-corrected chi connectivity index (χ1v) is 8.90. The molecule has 0 aliphatic carbocycles. The van der Waals surface area contributed by atoms with Crippen molar-refractivity contribution < 1.29 is 19.1 Å². The van der Waals surface area contributed by atoms with Crippen LogP contribution in [0.1, 0.15) is 44.0 Å². The number of anilines is 2. The molecule has 1 aliphatic rings. The van der Waals surface area contributed by atoms with E-state index in [0.29, 0.717) is 23.7 Å². The molecule has 1 aliphatic heterocycles. The number of ether oxygens (including phenoxy) is 2. The van der Waals surface area contributed by atoms with E-state index < -0.39 is 5.60 Å². The van der Waals surface area contributed by atoms with Crippen LogP contribution in [-0.2, 0) is 9.47 Å². The number of piperidine rings is 1. The summed E-state index contributed by atoms with van der Waals surface area (Å²) in [5.74, 6) is -0.0219. The molecule has 144 valence electrons.